The molecule has 0 fully saturated rings. The van der Waals surface area contributed by atoms with E-state index in [9.17, 15) is 4.79 Å². The maximum Gasteiger partial charge on any atom is 0.251 e. The highest BCUT2D eigenvalue weighted by Crippen LogP contribution is 2.28. The summed E-state index contributed by atoms with van der Waals surface area (Å²) in [6.07, 6.45) is 0.0641. The summed E-state index contributed by atoms with van der Waals surface area (Å²) in [7, 11) is 1.56. The molecule has 0 aliphatic carbocycles. The van der Waals surface area contributed by atoms with Crippen molar-refractivity contribution in [3.63, 3.8) is 0 Å². The van der Waals surface area contributed by atoms with Gasteiger partial charge < -0.3 is 14.8 Å². The molecule has 1 amide bonds. The van der Waals surface area contributed by atoms with Gasteiger partial charge in [0.05, 0.1) is 13.2 Å². The van der Waals surface area contributed by atoms with Crippen LogP contribution in [-0.4, -0.2) is 25.2 Å². The van der Waals surface area contributed by atoms with E-state index in [1.807, 2.05) is 27.7 Å². The number of hydrogen-bond acceptors (Lipinski definition) is 3. The summed E-state index contributed by atoms with van der Waals surface area (Å²) in [6, 6.07) is 5.29. The lowest BCUT2D eigenvalue weighted by atomic mass is 10.1. The molecule has 0 aliphatic rings. The van der Waals surface area contributed by atoms with Gasteiger partial charge in [-0.15, -0.1) is 0 Å². The smallest absolute Gasteiger partial charge is 0.251 e. The van der Waals surface area contributed by atoms with Gasteiger partial charge in [-0.1, -0.05) is 0 Å². The van der Waals surface area contributed by atoms with Gasteiger partial charge in [-0.25, -0.2) is 0 Å². The summed E-state index contributed by atoms with van der Waals surface area (Å²) >= 11 is 0. The standard InChI is InChI=1S/C14H21NO3/c1-9(2)15-14(16)11-6-7-12(18-10(3)4)13(8-11)17-5/h6-10H,1-5H3,(H,15,16). The van der Waals surface area contributed by atoms with E-state index in [0.717, 1.165) is 0 Å². The Kier molecular flexibility index (Phi) is 5.01. The third-order valence-corrected chi connectivity index (χ3v) is 2.21. The van der Waals surface area contributed by atoms with E-state index in [-0.39, 0.29) is 18.1 Å². The molecule has 0 aliphatic heterocycles. The lowest BCUT2D eigenvalue weighted by Gasteiger charge is -2.15. The van der Waals surface area contributed by atoms with E-state index < -0.39 is 0 Å². The Morgan fingerprint density at radius 2 is 1.83 bits per heavy atom. The molecule has 0 heterocycles. The first-order valence-electron chi connectivity index (χ1n) is 6.09. The van der Waals surface area contributed by atoms with Crippen molar-refractivity contribution in [2.45, 2.75) is 39.8 Å². The van der Waals surface area contributed by atoms with Gasteiger partial charge in [-0.05, 0) is 45.9 Å². The molecule has 0 saturated carbocycles. The minimum Gasteiger partial charge on any atom is -0.493 e. The average Bonchev–Trinajstić information content (AvgIpc) is 2.27. The van der Waals surface area contributed by atoms with Gasteiger partial charge in [-0.3, -0.25) is 4.79 Å². The van der Waals surface area contributed by atoms with Crippen molar-refractivity contribution in [2.75, 3.05) is 7.11 Å². The average molecular weight is 251 g/mol. The summed E-state index contributed by atoms with van der Waals surface area (Å²) in [4.78, 5) is 11.8. The van der Waals surface area contributed by atoms with Crippen molar-refractivity contribution in [3.8, 4) is 11.5 Å². The fourth-order valence-electron chi connectivity index (χ4n) is 1.51. The highest BCUT2D eigenvalue weighted by atomic mass is 16.5. The van der Waals surface area contributed by atoms with E-state index in [2.05, 4.69) is 5.32 Å². The fourth-order valence-corrected chi connectivity index (χ4v) is 1.51. The molecule has 1 rings (SSSR count). The van der Waals surface area contributed by atoms with Crippen LogP contribution in [0.15, 0.2) is 18.2 Å². The third-order valence-electron chi connectivity index (χ3n) is 2.21. The number of nitrogens with one attached hydrogen (secondary N) is 1. The van der Waals surface area contributed by atoms with Gasteiger partial charge in [0.2, 0.25) is 0 Å². The van der Waals surface area contributed by atoms with Gasteiger partial charge in [0.25, 0.3) is 5.91 Å². The maximum atomic E-state index is 11.8. The third kappa shape index (κ3) is 3.95. The van der Waals surface area contributed by atoms with Crippen molar-refractivity contribution in [3.05, 3.63) is 23.8 Å². The highest BCUT2D eigenvalue weighted by Gasteiger charge is 2.12. The lowest BCUT2D eigenvalue weighted by molar-refractivity contribution is 0.0942. The van der Waals surface area contributed by atoms with Crippen LogP contribution in [0.25, 0.3) is 0 Å². The summed E-state index contributed by atoms with van der Waals surface area (Å²) in [5, 5.41) is 2.84. The molecular formula is C14H21NO3. The van der Waals surface area contributed by atoms with Crippen molar-refractivity contribution in [2.24, 2.45) is 0 Å². The van der Waals surface area contributed by atoms with E-state index in [1.54, 1.807) is 25.3 Å². The first-order valence-corrected chi connectivity index (χ1v) is 6.09. The molecule has 18 heavy (non-hydrogen) atoms. The topological polar surface area (TPSA) is 47.6 Å². The molecule has 0 saturated heterocycles. The van der Waals surface area contributed by atoms with Crippen molar-refractivity contribution >= 4 is 5.91 Å². The molecule has 4 nitrogen and oxygen atoms in total. The number of amides is 1. The van der Waals surface area contributed by atoms with Crippen LogP contribution in [0, 0.1) is 0 Å². The van der Waals surface area contributed by atoms with Gasteiger partial charge in [-0.2, -0.15) is 0 Å². The van der Waals surface area contributed by atoms with Crippen molar-refractivity contribution in [1.82, 2.24) is 5.32 Å². The molecule has 0 unspecified atom stereocenters. The fraction of sp³-hybridized carbons (Fsp3) is 0.500. The second-order valence-electron chi connectivity index (χ2n) is 4.66. The second-order valence-corrected chi connectivity index (χ2v) is 4.66. The van der Waals surface area contributed by atoms with Gasteiger partial charge in [0.1, 0.15) is 0 Å². The molecule has 0 aromatic heterocycles. The molecule has 0 atom stereocenters. The van der Waals surface area contributed by atoms with Crippen LogP contribution in [0.5, 0.6) is 11.5 Å². The Labute approximate surface area is 108 Å². The molecule has 1 aromatic rings. The number of hydrogen-bond donors (Lipinski definition) is 1. The van der Waals surface area contributed by atoms with E-state index in [1.165, 1.54) is 0 Å². The number of carbonyl (C=O) groups is 1. The predicted octanol–water partition coefficient (Wildman–Crippen LogP) is 2.62. The van der Waals surface area contributed by atoms with Crippen LogP contribution in [0.2, 0.25) is 0 Å². The molecule has 1 aromatic carbocycles. The Balaban J connectivity index is 2.94. The van der Waals surface area contributed by atoms with Crippen LogP contribution < -0.4 is 14.8 Å². The zero-order chi connectivity index (χ0) is 13.7. The number of rotatable bonds is 5. The number of benzene rings is 1. The summed E-state index contributed by atoms with van der Waals surface area (Å²) in [6.45, 7) is 7.73. The van der Waals surface area contributed by atoms with Crippen LogP contribution in [0.1, 0.15) is 38.1 Å². The summed E-state index contributed by atoms with van der Waals surface area (Å²) < 4.78 is 10.8. The minimum absolute atomic E-state index is 0.0641. The van der Waals surface area contributed by atoms with Crippen molar-refractivity contribution < 1.29 is 14.3 Å². The number of methoxy groups -OCH3 is 1. The van der Waals surface area contributed by atoms with Gasteiger partial charge in [0.15, 0.2) is 11.5 Å². The monoisotopic (exact) mass is 251 g/mol. The van der Waals surface area contributed by atoms with Crippen LogP contribution in [-0.2, 0) is 0 Å². The number of carbonyl (C=O) groups excluding carboxylic acids is 1. The Bertz CT molecular complexity index is 414. The predicted molar refractivity (Wildman–Crippen MR) is 71.4 cm³/mol. The summed E-state index contributed by atoms with van der Waals surface area (Å²) in [5.41, 5.74) is 0.566. The van der Waals surface area contributed by atoms with E-state index in [0.29, 0.717) is 17.1 Å². The largest absolute Gasteiger partial charge is 0.493 e. The molecular weight excluding hydrogens is 230 g/mol. The zero-order valence-electron chi connectivity index (χ0n) is 11.6. The van der Waals surface area contributed by atoms with E-state index >= 15 is 0 Å². The van der Waals surface area contributed by atoms with Gasteiger partial charge >= 0.3 is 0 Å². The maximum absolute atomic E-state index is 11.8. The molecule has 0 radical (unpaired) electrons. The van der Waals surface area contributed by atoms with Crippen molar-refractivity contribution in [1.29, 1.82) is 0 Å². The molecule has 0 bridgehead atoms. The first kappa shape index (κ1) is 14.4. The van der Waals surface area contributed by atoms with E-state index in [4.69, 9.17) is 9.47 Å². The summed E-state index contributed by atoms with van der Waals surface area (Å²) in [5.74, 6) is 1.10. The normalized spacial score (nSPS) is 10.6. The molecule has 4 heteroatoms. The number of ether oxygens (including phenoxy) is 2. The van der Waals surface area contributed by atoms with Crippen LogP contribution >= 0.6 is 0 Å². The molecule has 1 N–H and O–H groups in total. The molecule has 0 spiro atoms. The first-order chi connectivity index (χ1) is 8.43. The second kappa shape index (κ2) is 6.28. The zero-order valence-corrected chi connectivity index (χ0v) is 11.6. The van der Waals surface area contributed by atoms with Gasteiger partial charge in [0, 0.05) is 11.6 Å². The van der Waals surface area contributed by atoms with Crippen LogP contribution in [0.3, 0.4) is 0 Å². The Hall–Kier alpha value is -1.71. The minimum atomic E-state index is -0.112. The van der Waals surface area contributed by atoms with Crippen LogP contribution in [0.4, 0.5) is 0 Å². The SMILES string of the molecule is COc1cc(C(=O)NC(C)C)ccc1OC(C)C. The lowest BCUT2D eigenvalue weighted by Crippen LogP contribution is -2.30. The highest BCUT2D eigenvalue weighted by molar-refractivity contribution is 5.95. The quantitative estimate of drug-likeness (QED) is 0.875. The molecule has 100 valence electrons. The Morgan fingerprint density at radius 3 is 2.33 bits per heavy atom. The Morgan fingerprint density at radius 1 is 1.17 bits per heavy atom.